The van der Waals surface area contributed by atoms with Gasteiger partial charge in [-0.15, -0.1) is 11.3 Å². The van der Waals surface area contributed by atoms with Crippen LogP contribution in [0.1, 0.15) is 45.2 Å². The van der Waals surface area contributed by atoms with E-state index < -0.39 is 0 Å². The standard InChI is InChI=1S/C35H40N4O3S/c1-27(29-14-8-5-9-15-29)39(24-30-16-17-31(41-2)23-33(30)42-3)25-34-36-32(26-43-34)35(40)38-21-19-37(20-22-38)18-10-13-28-11-6-4-7-12-28/h4-17,23,26-27H,18-22,24-25H2,1-3H3/b13-10+. The summed E-state index contributed by atoms with van der Waals surface area (Å²) in [6.45, 7) is 7.49. The van der Waals surface area contributed by atoms with Crippen LogP contribution in [0.15, 0.2) is 90.3 Å². The van der Waals surface area contributed by atoms with Gasteiger partial charge in [0, 0.05) is 62.3 Å². The number of carbonyl (C=O) groups is 1. The number of amides is 1. The molecule has 0 saturated carbocycles. The summed E-state index contributed by atoms with van der Waals surface area (Å²) in [5.74, 6) is 1.56. The lowest BCUT2D eigenvalue weighted by atomic mass is 10.1. The predicted octanol–water partition coefficient (Wildman–Crippen LogP) is 6.39. The number of aromatic nitrogens is 1. The first-order valence-electron chi connectivity index (χ1n) is 14.7. The first-order valence-corrected chi connectivity index (χ1v) is 15.6. The lowest BCUT2D eigenvalue weighted by Gasteiger charge is -2.33. The van der Waals surface area contributed by atoms with E-state index in [2.05, 4.69) is 71.3 Å². The number of hydrogen-bond acceptors (Lipinski definition) is 7. The number of thiazole rings is 1. The van der Waals surface area contributed by atoms with E-state index in [0.717, 1.165) is 41.7 Å². The second kappa shape index (κ2) is 15.0. The monoisotopic (exact) mass is 596 g/mol. The van der Waals surface area contributed by atoms with Crippen molar-refractivity contribution >= 4 is 23.3 Å². The van der Waals surface area contributed by atoms with Crippen molar-refractivity contribution in [3.05, 3.63) is 118 Å². The van der Waals surface area contributed by atoms with Crippen LogP contribution in [0.4, 0.5) is 0 Å². The molecule has 43 heavy (non-hydrogen) atoms. The summed E-state index contributed by atoms with van der Waals surface area (Å²) >= 11 is 1.55. The average molecular weight is 597 g/mol. The summed E-state index contributed by atoms with van der Waals surface area (Å²) < 4.78 is 11.1. The van der Waals surface area contributed by atoms with Crippen molar-refractivity contribution in [3.63, 3.8) is 0 Å². The largest absolute Gasteiger partial charge is 0.497 e. The highest BCUT2D eigenvalue weighted by Gasteiger charge is 2.25. The number of ether oxygens (including phenoxy) is 2. The zero-order valence-corrected chi connectivity index (χ0v) is 26.0. The Morgan fingerprint density at radius 3 is 2.37 bits per heavy atom. The molecule has 1 unspecified atom stereocenters. The van der Waals surface area contributed by atoms with E-state index in [1.54, 1.807) is 25.6 Å². The third-order valence-electron chi connectivity index (χ3n) is 7.94. The fourth-order valence-corrected chi connectivity index (χ4v) is 6.12. The Kier molecular flexibility index (Phi) is 10.6. The van der Waals surface area contributed by atoms with Gasteiger partial charge < -0.3 is 14.4 Å². The first-order chi connectivity index (χ1) is 21.0. The maximum atomic E-state index is 13.4. The summed E-state index contributed by atoms with van der Waals surface area (Å²) in [4.78, 5) is 24.9. The molecule has 0 radical (unpaired) electrons. The van der Waals surface area contributed by atoms with E-state index in [-0.39, 0.29) is 11.9 Å². The summed E-state index contributed by atoms with van der Waals surface area (Å²) in [5, 5.41) is 2.83. The molecule has 0 aliphatic carbocycles. The molecule has 2 heterocycles. The third kappa shape index (κ3) is 8.10. The molecule has 1 atom stereocenters. The lowest BCUT2D eigenvalue weighted by Crippen LogP contribution is -2.48. The van der Waals surface area contributed by atoms with Crippen molar-refractivity contribution in [2.45, 2.75) is 26.1 Å². The van der Waals surface area contributed by atoms with Crippen molar-refractivity contribution in [2.24, 2.45) is 0 Å². The van der Waals surface area contributed by atoms with Gasteiger partial charge in [0.25, 0.3) is 5.91 Å². The highest BCUT2D eigenvalue weighted by molar-refractivity contribution is 7.09. The lowest BCUT2D eigenvalue weighted by molar-refractivity contribution is 0.0645. The average Bonchev–Trinajstić information content (AvgIpc) is 3.53. The van der Waals surface area contributed by atoms with Gasteiger partial charge in [0.2, 0.25) is 0 Å². The molecule has 0 spiro atoms. The van der Waals surface area contributed by atoms with Crippen LogP contribution in [0, 0.1) is 0 Å². The van der Waals surface area contributed by atoms with Gasteiger partial charge in [0.05, 0.1) is 20.8 Å². The smallest absolute Gasteiger partial charge is 0.273 e. The number of carbonyl (C=O) groups excluding carboxylic acids is 1. The molecule has 1 aliphatic heterocycles. The maximum Gasteiger partial charge on any atom is 0.273 e. The van der Waals surface area contributed by atoms with Crippen molar-refractivity contribution < 1.29 is 14.3 Å². The van der Waals surface area contributed by atoms with Gasteiger partial charge in [-0.05, 0) is 24.1 Å². The number of methoxy groups -OCH3 is 2. The molecule has 224 valence electrons. The van der Waals surface area contributed by atoms with Crippen LogP contribution >= 0.6 is 11.3 Å². The van der Waals surface area contributed by atoms with Crippen molar-refractivity contribution in [1.82, 2.24) is 19.7 Å². The van der Waals surface area contributed by atoms with E-state index in [0.29, 0.717) is 31.9 Å². The summed E-state index contributed by atoms with van der Waals surface area (Å²) in [5.41, 5.74) is 4.03. The zero-order valence-electron chi connectivity index (χ0n) is 25.2. The van der Waals surface area contributed by atoms with Gasteiger partial charge in [-0.25, -0.2) is 4.98 Å². The summed E-state index contributed by atoms with van der Waals surface area (Å²) in [6.07, 6.45) is 4.35. The normalized spacial score (nSPS) is 14.7. The fourth-order valence-electron chi connectivity index (χ4n) is 5.33. The molecule has 1 fully saturated rings. The molecule has 4 aromatic rings. The quantitative estimate of drug-likeness (QED) is 0.189. The van der Waals surface area contributed by atoms with Crippen molar-refractivity contribution in [3.8, 4) is 11.5 Å². The molecule has 1 aromatic heterocycles. The summed E-state index contributed by atoms with van der Waals surface area (Å²) in [6, 6.07) is 26.9. The van der Waals surface area contributed by atoms with E-state index in [1.165, 1.54) is 11.1 Å². The Morgan fingerprint density at radius 1 is 0.953 bits per heavy atom. The van der Waals surface area contributed by atoms with Crippen LogP contribution in [0.3, 0.4) is 0 Å². The molecule has 1 amide bonds. The molecule has 8 heteroatoms. The Hall–Kier alpha value is -3.98. The highest BCUT2D eigenvalue weighted by Crippen LogP contribution is 2.31. The first kappa shape index (κ1) is 30.5. The molecule has 0 N–H and O–H groups in total. The second-order valence-corrected chi connectivity index (χ2v) is 11.6. The van der Waals surface area contributed by atoms with Gasteiger partial charge in [0.1, 0.15) is 22.2 Å². The number of nitrogens with zero attached hydrogens (tertiary/aromatic N) is 4. The zero-order chi connectivity index (χ0) is 30.0. The molecule has 5 rings (SSSR count). The second-order valence-electron chi connectivity index (χ2n) is 10.7. The van der Waals surface area contributed by atoms with Crippen LogP contribution in [0.25, 0.3) is 6.08 Å². The van der Waals surface area contributed by atoms with Gasteiger partial charge in [0.15, 0.2) is 0 Å². The fraction of sp³-hybridized carbons (Fsp3) is 0.314. The van der Waals surface area contributed by atoms with Crippen LogP contribution < -0.4 is 9.47 Å². The summed E-state index contributed by atoms with van der Waals surface area (Å²) in [7, 11) is 3.34. The van der Waals surface area contributed by atoms with Gasteiger partial charge in [-0.2, -0.15) is 0 Å². The molecule has 1 saturated heterocycles. The molecular formula is C35H40N4O3S. The van der Waals surface area contributed by atoms with Crippen LogP contribution in [-0.2, 0) is 13.1 Å². The van der Waals surface area contributed by atoms with E-state index in [9.17, 15) is 4.79 Å². The minimum Gasteiger partial charge on any atom is -0.497 e. The number of hydrogen-bond donors (Lipinski definition) is 0. The van der Waals surface area contributed by atoms with Crippen molar-refractivity contribution in [2.75, 3.05) is 46.9 Å². The van der Waals surface area contributed by atoms with Crippen LogP contribution in [0.2, 0.25) is 0 Å². The minimum atomic E-state index is 0.0152. The number of rotatable bonds is 12. The molecule has 3 aromatic carbocycles. The maximum absolute atomic E-state index is 13.4. The Morgan fingerprint density at radius 2 is 1.67 bits per heavy atom. The van der Waals surface area contributed by atoms with Crippen LogP contribution in [-0.4, -0.2) is 72.5 Å². The molecular weight excluding hydrogens is 556 g/mol. The third-order valence-corrected chi connectivity index (χ3v) is 8.77. The van der Waals surface area contributed by atoms with Gasteiger partial charge in [-0.1, -0.05) is 78.9 Å². The van der Waals surface area contributed by atoms with Crippen LogP contribution in [0.5, 0.6) is 11.5 Å². The SMILES string of the molecule is COc1ccc(CN(Cc2nc(C(=O)N3CCN(C/C=C/c4ccccc4)CC3)cs2)C(C)c2ccccc2)c(OC)c1. The Balaban J connectivity index is 1.23. The van der Waals surface area contributed by atoms with E-state index in [4.69, 9.17) is 14.5 Å². The number of piperazine rings is 1. The van der Waals surface area contributed by atoms with E-state index >= 15 is 0 Å². The van der Waals surface area contributed by atoms with E-state index in [1.807, 2.05) is 46.7 Å². The highest BCUT2D eigenvalue weighted by atomic mass is 32.1. The molecule has 1 aliphatic rings. The predicted molar refractivity (Wildman–Crippen MR) is 174 cm³/mol. The Bertz CT molecular complexity index is 1480. The Labute approximate surface area is 259 Å². The molecule has 7 nitrogen and oxygen atoms in total. The number of benzene rings is 3. The molecule has 0 bridgehead atoms. The van der Waals surface area contributed by atoms with Gasteiger partial charge >= 0.3 is 0 Å². The van der Waals surface area contributed by atoms with Crippen molar-refractivity contribution in [1.29, 1.82) is 0 Å². The van der Waals surface area contributed by atoms with Gasteiger partial charge in [-0.3, -0.25) is 14.6 Å². The topological polar surface area (TPSA) is 58.1 Å². The minimum absolute atomic E-state index is 0.0152.